The summed E-state index contributed by atoms with van der Waals surface area (Å²) in [5.74, 6) is -31.2. The molecule has 4 aromatic carbocycles. The lowest BCUT2D eigenvalue weighted by atomic mass is 9.80. The largest absolute Gasteiger partial charge is 0.488 e. The third kappa shape index (κ3) is 21.9. The van der Waals surface area contributed by atoms with E-state index in [-0.39, 0.29) is 110 Å². The van der Waals surface area contributed by atoms with Crippen LogP contribution in [-0.2, 0) is 94.5 Å². The second-order valence-electron chi connectivity index (χ2n) is 26.6. The van der Waals surface area contributed by atoms with Gasteiger partial charge in [-0.3, -0.25) is 4.79 Å². The highest BCUT2D eigenvalue weighted by Crippen LogP contribution is 2.54. The number of alkyl halides is 32. The van der Waals surface area contributed by atoms with E-state index in [0.717, 1.165) is 114 Å². The highest BCUT2D eigenvalue weighted by Gasteiger charge is 2.68. The van der Waals surface area contributed by atoms with Gasteiger partial charge in [0.05, 0.1) is 40.4 Å². The van der Waals surface area contributed by atoms with Crippen molar-refractivity contribution in [3.8, 4) is 68.8 Å². The number of rotatable bonds is 16. The molecule has 23 nitrogen and oxygen atoms in total. The molecule has 1 amide bonds. The quantitative estimate of drug-likeness (QED) is 0.0517. The smallest absolute Gasteiger partial charge is 0.423 e. The van der Waals surface area contributed by atoms with Crippen molar-refractivity contribution in [3.63, 3.8) is 0 Å². The second-order valence-corrected chi connectivity index (χ2v) is 27.5. The third-order valence-corrected chi connectivity index (χ3v) is 18.0. The first-order chi connectivity index (χ1) is 60.3. The van der Waals surface area contributed by atoms with Gasteiger partial charge in [0.1, 0.15) is 57.7 Å². The lowest BCUT2D eigenvalue weighted by molar-refractivity contribution is -0.292. The maximum Gasteiger partial charge on any atom is 0.488 e. The van der Waals surface area contributed by atoms with E-state index in [0.29, 0.717) is 18.7 Å². The summed E-state index contributed by atoms with van der Waals surface area (Å²) in [4.78, 5) is 11.4. The number of nitrogens with zero attached hydrogens (tertiary/aromatic N) is 18. The van der Waals surface area contributed by atoms with Gasteiger partial charge in [0.25, 0.3) is 0 Å². The highest BCUT2D eigenvalue weighted by atomic mass is 79.9. The Balaban J connectivity index is 0.000000209. The molecular formula is C71H46BBrF36N20O3. The maximum absolute atomic E-state index is 14.1. The Bertz CT molecular complexity index is 6270. The normalized spacial score (nSPS) is 12.7. The van der Waals surface area contributed by atoms with Crippen LogP contribution in [-0.4, -0.2) is 126 Å². The van der Waals surface area contributed by atoms with Crippen LogP contribution < -0.4 is 16.5 Å². The van der Waals surface area contributed by atoms with Gasteiger partial charge in [0, 0.05) is 100 Å². The average Bonchev–Trinajstić information content (AvgIpc) is 1.60. The monoisotopic (exact) mass is 2000 g/mol. The zero-order valence-corrected chi connectivity index (χ0v) is 66.7. The van der Waals surface area contributed by atoms with Crippen molar-refractivity contribution in [1.29, 1.82) is 10.5 Å². The van der Waals surface area contributed by atoms with E-state index in [2.05, 4.69) is 62.0 Å². The molecule has 12 aromatic rings. The van der Waals surface area contributed by atoms with Gasteiger partial charge in [-0.05, 0) is 86.6 Å². The van der Waals surface area contributed by atoms with E-state index in [1.807, 2.05) is 0 Å². The first-order valence-electron chi connectivity index (χ1n) is 34.9. The molecule has 0 aliphatic heterocycles. The number of nitrogens with two attached hydrogens (primary N) is 1. The predicted octanol–water partition coefficient (Wildman–Crippen LogP) is 18.0. The SMILES string of the molecule is CCC(=O)NCc1cc(-c2cnn(-c3c(C(F)(F)F)c(C(F)(F)C(F)(F)F)nn3C)c2)ccc1F.Cn1nc(C(F)(F)C(F)(F)F)c(C(F)(F)F)c1-n1cc(-c2ccc(F)c(C#N)c2)cn1.Cn1nc(C(F)(F)C(F)(F)F)c(C(F)(F)F)c1-n1cc(-c2ccc(F)c(CN)c2)cn1.Cn1nc(C(F)(F)C(F)(F)F)c(C(F)(F)F)c1-n1cc(Br)cn1.N#Cc1cc(B(O)O)ccc1F. The summed E-state index contributed by atoms with van der Waals surface area (Å²) < 4.78 is 480. The zero-order valence-electron chi connectivity index (χ0n) is 65.2. The number of nitrogens with one attached hydrogen (secondary N) is 1. The standard InChI is InChI=1S/C20H16F9N5O.C17H12F9N5.C17H8F9N5.C10H5BrF8N4.C7H5BFNO2/c1-3-14(35)30-7-11-6-10(4-5-13(11)21)12-8-31-34(9-12)17-15(19(24,25)26)16(32-33(17)2)18(22,23)20(27,28)29;2*1-30-14(12(16(21,22)23)13(29-30)15(19,20)17(24,25)26)31-7-10(6-28-31)8-2-3-11(18)9(4-8)5-27;1-22-7(23-3-4(11)2-20-23)5(9(14,15)16)6(21-22)8(12,13)10(17,18)19;9-7-2-1-6(8(11)12)3-5(7)4-10/h4-6,8-9H,3,7H2,1-2H3,(H,30,35);2-4,6-7H,5,27H2,1H3;2-4,6-7H,1H3;2-3H,1H3;1-3,11-12H. The number of carbonyl (C=O) groups is 1. The van der Waals surface area contributed by atoms with Crippen LogP contribution in [0.1, 0.15) is 80.6 Å². The first-order valence-corrected chi connectivity index (χ1v) is 35.7. The molecule has 0 radical (unpaired) electrons. The van der Waals surface area contributed by atoms with E-state index in [1.165, 1.54) is 36.4 Å². The van der Waals surface area contributed by atoms with Gasteiger partial charge in [-0.2, -0.15) is 192 Å². The molecule has 132 heavy (non-hydrogen) atoms. The van der Waals surface area contributed by atoms with E-state index in [1.54, 1.807) is 19.1 Å². The topological polar surface area (TPSA) is 286 Å². The third-order valence-electron chi connectivity index (χ3n) is 17.6. The molecule has 0 saturated heterocycles. The molecule has 12 rings (SSSR count). The molecule has 0 unspecified atom stereocenters. The second kappa shape index (κ2) is 37.6. The molecule has 61 heteroatoms. The summed E-state index contributed by atoms with van der Waals surface area (Å²) in [6.45, 7) is 1.22. The molecule has 0 aliphatic carbocycles. The maximum atomic E-state index is 14.1. The van der Waals surface area contributed by atoms with Gasteiger partial charge >= 0.3 is 80.2 Å². The van der Waals surface area contributed by atoms with Gasteiger partial charge < -0.3 is 21.1 Å². The molecule has 0 aliphatic rings. The minimum absolute atomic E-state index is 0.0370. The Hall–Kier alpha value is -13.1. The van der Waals surface area contributed by atoms with Gasteiger partial charge in [-0.15, -0.1) is 0 Å². The van der Waals surface area contributed by atoms with Gasteiger partial charge in [-0.1, -0.05) is 31.2 Å². The molecule has 5 N–H and O–H groups in total. The number of aryl methyl sites for hydroxylation is 4. The zero-order chi connectivity index (χ0) is 100.0. The molecule has 0 saturated carbocycles. The highest BCUT2D eigenvalue weighted by molar-refractivity contribution is 9.10. The van der Waals surface area contributed by atoms with Crippen LogP contribution in [0.25, 0.3) is 56.7 Å². The van der Waals surface area contributed by atoms with Crippen LogP contribution in [0.5, 0.6) is 0 Å². The number of nitriles is 2. The number of halogens is 37. The molecule has 8 heterocycles. The minimum Gasteiger partial charge on any atom is -0.423 e. The number of carbonyl (C=O) groups excluding carboxylic acids is 1. The Morgan fingerprint density at radius 1 is 0.402 bits per heavy atom. The van der Waals surface area contributed by atoms with Crippen LogP contribution in [0, 0.1) is 45.9 Å². The lowest BCUT2D eigenvalue weighted by Gasteiger charge is -2.19. The van der Waals surface area contributed by atoms with Crippen molar-refractivity contribution in [2.45, 2.75) is 99.5 Å². The Morgan fingerprint density at radius 3 is 0.947 bits per heavy atom. The molecule has 710 valence electrons. The number of amides is 1. The lowest BCUT2D eigenvalue weighted by Crippen LogP contribution is -2.36. The molecule has 0 atom stereocenters. The molecule has 8 aromatic heterocycles. The van der Waals surface area contributed by atoms with Crippen LogP contribution in [0.3, 0.4) is 0 Å². The summed E-state index contributed by atoms with van der Waals surface area (Å²) in [5.41, 5.74) is -13.1. The molecule has 0 fully saturated rings. The molecule has 0 bridgehead atoms. The van der Waals surface area contributed by atoms with E-state index in [9.17, 15) is 163 Å². The fraction of sp³-hybridized carbons (Fsp3) is 0.282. The predicted molar refractivity (Wildman–Crippen MR) is 381 cm³/mol. The average molecular weight is 2000 g/mol. The summed E-state index contributed by atoms with van der Waals surface area (Å²) >= 11 is 2.88. The van der Waals surface area contributed by atoms with E-state index >= 15 is 0 Å². The number of hydrogen-bond acceptors (Lipinski definition) is 14. The summed E-state index contributed by atoms with van der Waals surface area (Å²) in [7, 11) is 1.40. The first kappa shape index (κ1) is 104. The Kier molecular flexibility index (Phi) is 29.7. The van der Waals surface area contributed by atoms with Crippen molar-refractivity contribution in [3.05, 3.63) is 217 Å². The van der Waals surface area contributed by atoms with Crippen molar-refractivity contribution < 1.29 is 173 Å². The number of aromatic nitrogens is 16. The van der Waals surface area contributed by atoms with Gasteiger partial charge in [-0.25, -0.2) is 55.0 Å². The van der Waals surface area contributed by atoms with Crippen molar-refractivity contribution in [1.82, 2.24) is 83.6 Å². The van der Waals surface area contributed by atoms with Gasteiger partial charge in [0.15, 0.2) is 46.0 Å². The Labute approximate surface area is 718 Å². The van der Waals surface area contributed by atoms with Crippen molar-refractivity contribution in [2.24, 2.45) is 33.9 Å². The van der Waals surface area contributed by atoms with Crippen LogP contribution in [0.4, 0.5) is 158 Å². The van der Waals surface area contributed by atoms with Crippen molar-refractivity contribution in [2.75, 3.05) is 0 Å². The number of hydrogen-bond donors (Lipinski definition) is 4. The minimum atomic E-state index is -6.33. The van der Waals surface area contributed by atoms with E-state index < -0.39 is 172 Å². The van der Waals surface area contributed by atoms with Crippen molar-refractivity contribution >= 4 is 34.4 Å². The summed E-state index contributed by atoms with van der Waals surface area (Å²) in [6, 6.07) is 16.8. The Morgan fingerprint density at radius 2 is 0.674 bits per heavy atom. The summed E-state index contributed by atoms with van der Waals surface area (Å²) in [6.07, 6.45) is -39.7. The summed E-state index contributed by atoms with van der Waals surface area (Å²) in [5, 5.41) is 62.5. The van der Waals surface area contributed by atoms with Crippen LogP contribution in [0.15, 0.2) is 127 Å². The molecule has 0 spiro atoms. The van der Waals surface area contributed by atoms with Gasteiger partial charge in [0.2, 0.25) is 5.91 Å². The van der Waals surface area contributed by atoms with Crippen LogP contribution >= 0.6 is 15.9 Å². The fourth-order valence-electron chi connectivity index (χ4n) is 11.5. The van der Waals surface area contributed by atoms with E-state index in [4.69, 9.17) is 26.3 Å². The molecular weight excluding hydrogens is 1960 g/mol. The fourth-order valence-corrected chi connectivity index (χ4v) is 11.7. The van der Waals surface area contributed by atoms with Crippen LogP contribution in [0.2, 0.25) is 0 Å². The number of benzene rings is 4.